The number of methoxy groups -OCH3 is 1. The van der Waals surface area contributed by atoms with Gasteiger partial charge in [-0.05, 0) is 42.8 Å². The average molecular weight is 439 g/mol. The molecule has 0 amide bonds. The van der Waals surface area contributed by atoms with Crippen LogP contribution in [0.3, 0.4) is 0 Å². The molecule has 0 radical (unpaired) electrons. The number of ether oxygens (including phenoxy) is 2. The zero-order valence-corrected chi connectivity index (χ0v) is 21.2. The van der Waals surface area contributed by atoms with E-state index in [2.05, 4.69) is 60.4 Å². The molecule has 0 saturated carbocycles. The van der Waals surface area contributed by atoms with Crippen LogP contribution in [0, 0.1) is 5.92 Å². The molecule has 0 unspecified atom stereocenters. The Morgan fingerprint density at radius 2 is 1.79 bits per heavy atom. The van der Waals surface area contributed by atoms with Crippen molar-refractivity contribution in [2.75, 3.05) is 13.7 Å². The van der Waals surface area contributed by atoms with E-state index < -0.39 is 8.32 Å². The number of rotatable bonds is 11. The van der Waals surface area contributed by atoms with Crippen LogP contribution in [0.2, 0.25) is 23.2 Å². The highest BCUT2D eigenvalue weighted by Crippen LogP contribution is 2.39. The summed E-state index contributed by atoms with van der Waals surface area (Å²) in [6, 6.07) is 7.74. The fourth-order valence-corrected chi connectivity index (χ4v) is 4.37. The number of benzene rings is 1. The summed E-state index contributed by atoms with van der Waals surface area (Å²) in [5.74, 6) is 0.172. The van der Waals surface area contributed by atoms with Crippen molar-refractivity contribution in [1.82, 2.24) is 0 Å². The van der Waals surface area contributed by atoms with Crippen molar-refractivity contribution in [3.63, 3.8) is 0 Å². The van der Waals surface area contributed by atoms with Crippen molar-refractivity contribution < 1.29 is 13.9 Å². The minimum atomic E-state index is -1.95. The zero-order valence-electron chi connectivity index (χ0n) is 19.4. The molecule has 3 atom stereocenters. The fraction of sp³-hybridized carbons (Fsp3) is 0.583. The summed E-state index contributed by atoms with van der Waals surface area (Å²) in [5, 5.41) is 0.867. The van der Waals surface area contributed by atoms with E-state index in [1.54, 1.807) is 7.11 Å². The molecule has 0 aliphatic heterocycles. The Balaban J connectivity index is 2.81. The van der Waals surface area contributed by atoms with Gasteiger partial charge in [0.2, 0.25) is 0 Å². The molecule has 0 bridgehead atoms. The lowest BCUT2D eigenvalue weighted by atomic mass is 9.97. The van der Waals surface area contributed by atoms with Crippen molar-refractivity contribution in [3.8, 4) is 0 Å². The second-order valence-electron chi connectivity index (χ2n) is 9.27. The van der Waals surface area contributed by atoms with Gasteiger partial charge in [0, 0.05) is 18.1 Å². The number of hydrogen-bond acceptors (Lipinski definition) is 3. The smallest absolute Gasteiger partial charge is 0.192 e. The van der Waals surface area contributed by atoms with Crippen molar-refractivity contribution in [2.45, 2.75) is 71.6 Å². The molecule has 0 spiro atoms. The van der Waals surface area contributed by atoms with E-state index in [4.69, 9.17) is 25.5 Å². The standard InChI is InChI=1S/C24H39ClO3Si/c1-10-22(26-7)23(28-29(8,9)24(4,5)6)19(3)15-18(2)16-27-17-20-11-13-21(25)14-12-20/h10-15,19,22-23H,1,16-17H2,2-9H3/b18-15-/t19-,22+,23+/m1/s1. The van der Waals surface area contributed by atoms with Gasteiger partial charge in [-0.3, -0.25) is 0 Å². The Hall–Kier alpha value is -0.913. The van der Waals surface area contributed by atoms with Crippen LogP contribution in [-0.4, -0.2) is 34.2 Å². The minimum absolute atomic E-state index is 0.0791. The molecule has 0 aliphatic carbocycles. The first-order chi connectivity index (χ1) is 13.4. The summed E-state index contributed by atoms with van der Waals surface area (Å²) in [7, 11) is -0.235. The maximum absolute atomic E-state index is 6.74. The van der Waals surface area contributed by atoms with E-state index in [-0.39, 0.29) is 23.2 Å². The molecule has 0 N–H and O–H groups in total. The predicted molar refractivity (Wildman–Crippen MR) is 127 cm³/mol. The van der Waals surface area contributed by atoms with Gasteiger partial charge in [0.15, 0.2) is 8.32 Å². The second-order valence-corrected chi connectivity index (χ2v) is 14.5. The van der Waals surface area contributed by atoms with Crippen LogP contribution >= 0.6 is 11.6 Å². The molecule has 5 heteroatoms. The first-order valence-electron chi connectivity index (χ1n) is 10.2. The third-order valence-corrected chi connectivity index (χ3v) is 10.4. The monoisotopic (exact) mass is 438 g/mol. The van der Waals surface area contributed by atoms with Crippen LogP contribution in [0.25, 0.3) is 0 Å². The molecule has 1 rings (SSSR count). The topological polar surface area (TPSA) is 27.7 Å². The molecule has 0 fully saturated rings. The minimum Gasteiger partial charge on any atom is -0.410 e. The molecular weight excluding hydrogens is 400 g/mol. The number of halogens is 1. The van der Waals surface area contributed by atoms with E-state index in [1.807, 2.05) is 30.3 Å². The molecule has 164 valence electrons. The van der Waals surface area contributed by atoms with Gasteiger partial charge >= 0.3 is 0 Å². The lowest BCUT2D eigenvalue weighted by Gasteiger charge is -2.42. The fourth-order valence-electron chi connectivity index (χ4n) is 2.86. The Morgan fingerprint density at radius 1 is 1.21 bits per heavy atom. The van der Waals surface area contributed by atoms with Gasteiger partial charge in [-0.25, -0.2) is 0 Å². The molecule has 1 aromatic rings. The largest absolute Gasteiger partial charge is 0.410 e. The molecule has 0 aliphatic rings. The third kappa shape index (κ3) is 8.39. The molecular formula is C24H39ClO3Si. The summed E-state index contributed by atoms with van der Waals surface area (Å²) in [4.78, 5) is 0. The molecule has 0 saturated heterocycles. The molecule has 29 heavy (non-hydrogen) atoms. The van der Waals surface area contributed by atoms with E-state index in [0.29, 0.717) is 13.2 Å². The van der Waals surface area contributed by atoms with Crippen LogP contribution in [0.15, 0.2) is 48.6 Å². The van der Waals surface area contributed by atoms with Crippen LogP contribution in [-0.2, 0) is 20.5 Å². The van der Waals surface area contributed by atoms with E-state index in [0.717, 1.165) is 10.6 Å². The van der Waals surface area contributed by atoms with Crippen molar-refractivity contribution in [1.29, 1.82) is 0 Å². The lowest BCUT2D eigenvalue weighted by Crippen LogP contribution is -2.49. The predicted octanol–water partition coefficient (Wildman–Crippen LogP) is 7.03. The first-order valence-corrected chi connectivity index (χ1v) is 13.5. The van der Waals surface area contributed by atoms with Crippen LogP contribution in [0.4, 0.5) is 0 Å². The summed E-state index contributed by atoms with van der Waals surface area (Å²) < 4.78 is 18.3. The Kier molecular flexibility index (Phi) is 10.3. The SMILES string of the molecule is C=C[C@H](OC)[C@@H](O[Si](C)(C)C(C)(C)C)[C@H](C)/C=C(/C)COCc1ccc(Cl)cc1. The van der Waals surface area contributed by atoms with E-state index in [1.165, 1.54) is 5.57 Å². The van der Waals surface area contributed by atoms with Crippen LogP contribution < -0.4 is 0 Å². The van der Waals surface area contributed by atoms with E-state index in [9.17, 15) is 0 Å². The van der Waals surface area contributed by atoms with E-state index >= 15 is 0 Å². The maximum Gasteiger partial charge on any atom is 0.192 e. The molecule has 1 aromatic carbocycles. The van der Waals surface area contributed by atoms with Gasteiger partial charge in [-0.1, -0.05) is 69.2 Å². The second kappa shape index (κ2) is 11.5. The van der Waals surface area contributed by atoms with Gasteiger partial charge < -0.3 is 13.9 Å². The van der Waals surface area contributed by atoms with Gasteiger partial charge in [-0.15, -0.1) is 6.58 Å². The zero-order chi connectivity index (χ0) is 22.2. The molecule has 0 aromatic heterocycles. The third-order valence-electron chi connectivity index (χ3n) is 5.64. The van der Waals surface area contributed by atoms with Crippen LogP contribution in [0.1, 0.15) is 40.2 Å². The highest BCUT2D eigenvalue weighted by atomic mass is 35.5. The average Bonchev–Trinajstić information content (AvgIpc) is 2.62. The first kappa shape index (κ1) is 26.1. The summed E-state index contributed by atoms with van der Waals surface area (Å²) in [6.07, 6.45) is 3.84. The van der Waals surface area contributed by atoms with Gasteiger partial charge in [-0.2, -0.15) is 0 Å². The highest BCUT2D eigenvalue weighted by Gasteiger charge is 2.41. The van der Waals surface area contributed by atoms with Gasteiger partial charge in [0.05, 0.1) is 19.3 Å². The van der Waals surface area contributed by atoms with Crippen LogP contribution in [0.5, 0.6) is 0 Å². The molecule has 0 heterocycles. The maximum atomic E-state index is 6.74. The highest BCUT2D eigenvalue weighted by molar-refractivity contribution is 6.74. The number of hydrogen-bond donors (Lipinski definition) is 0. The van der Waals surface area contributed by atoms with Crippen molar-refractivity contribution >= 4 is 19.9 Å². The Morgan fingerprint density at radius 3 is 2.28 bits per heavy atom. The normalized spacial score (nSPS) is 16.4. The van der Waals surface area contributed by atoms with Crippen molar-refractivity contribution in [3.05, 3.63) is 59.2 Å². The quantitative estimate of drug-likeness (QED) is 0.274. The van der Waals surface area contributed by atoms with Crippen molar-refractivity contribution in [2.24, 2.45) is 5.92 Å². The Bertz CT molecular complexity index is 662. The van der Waals surface area contributed by atoms with Gasteiger partial charge in [0.25, 0.3) is 0 Å². The Labute approximate surface area is 184 Å². The summed E-state index contributed by atoms with van der Waals surface area (Å²) in [6.45, 7) is 20.7. The molecule has 3 nitrogen and oxygen atoms in total. The summed E-state index contributed by atoms with van der Waals surface area (Å²) >= 11 is 5.93. The summed E-state index contributed by atoms with van der Waals surface area (Å²) in [5.41, 5.74) is 2.29. The van der Waals surface area contributed by atoms with Gasteiger partial charge in [0.1, 0.15) is 6.10 Å². The lowest BCUT2D eigenvalue weighted by molar-refractivity contribution is 0.00580.